The Hall–Kier alpha value is -2.85. The van der Waals surface area contributed by atoms with Gasteiger partial charge in [-0.1, -0.05) is 23.7 Å². The van der Waals surface area contributed by atoms with E-state index in [4.69, 9.17) is 26.1 Å². The highest BCUT2D eigenvalue weighted by molar-refractivity contribution is 6.31. The van der Waals surface area contributed by atoms with E-state index in [1.54, 1.807) is 6.07 Å². The number of nitrogens with zero attached hydrogens (tertiary/aromatic N) is 4. The summed E-state index contributed by atoms with van der Waals surface area (Å²) in [4.78, 5) is 23.6. The number of ether oxygens (including phenoxy) is 2. The van der Waals surface area contributed by atoms with E-state index in [0.717, 1.165) is 41.5 Å². The Bertz CT molecular complexity index is 1720. The number of aryl methyl sites for hydroxylation is 2. The maximum absolute atomic E-state index is 15.3. The fourth-order valence-electron chi connectivity index (χ4n) is 9.59. The molecule has 2 aromatic carbocycles. The lowest BCUT2D eigenvalue weighted by atomic mass is 9.78. The highest BCUT2D eigenvalue weighted by Crippen LogP contribution is 2.56. The first kappa shape index (κ1) is 31.4. The fourth-order valence-corrected chi connectivity index (χ4v) is 9.76. The van der Waals surface area contributed by atoms with Crippen molar-refractivity contribution in [1.29, 1.82) is 0 Å². The minimum atomic E-state index is -0.601. The molecule has 0 unspecified atom stereocenters. The van der Waals surface area contributed by atoms with Gasteiger partial charge in [-0.3, -0.25) is 9.69 Å². The third-order valence-corrected chi connectivity index (χ3v) is 12.4. The first-order valence-electron chi connectivity index (χ1n) is 17.0. The minimum absolute atomic E-state index is 0.0572. The van der Waals surface area contributed by atoms with Crippen molar-refractivity contribution in [2.45, 2.75) is 94.1 Å². The average molecular weight is 665 g/mol. The van der Waals surface area contributed by atoms with Crippen LogP contribution in [0.5, 0.6) is 0 Å². The molecule has 7 nitrogen and oxygen atoms in total. The van der Waals surface area contributed by atoms with Crippen LogP contribution in [0, 0.1) is 24.5 Å². The van der Waals surface area contributed by atoms with Gasteiger partial charge >= 0.3 is 0 Å². The molecule has 2 bridgehead atoms. The Morgan fingerprint density at radius 1 is 1.06 bits per heavy atom. The molecule has 1 amide bonds. The zero-order valence-electron chi connectivity index (χ0n) is 27.5. The Balaban J connectivity index is 1.06. The molecule has 4 aliphatic heterocycles. The average Bonchev–Trinajstić information content (AvgIpc) is 3.88. The number of rotatable bonds is 5. The molecule has 3 saturated heterocycles. The Morgan fingerprint density at radius 2 is 1.85 bits per heavy atom. The van der Waals surface area contributed by atoms with Gasteiger partial charge in [0.1, 0.15) is 17.5 Å². The third-order valence-electron chi connectivity index (χ3n) is 12.0. The van der Waals surface area contributed by atoms with E-state index < -0.39 is 22.7 Å². The summed E-state index contributed by atoms with van der Waals surface area (Å²) in [6.45, 7) is 9.00. The van der Waals surface area contributed by atoms with E-state index in [-0.39, 0.29) is 36.0 Å². The van der Waals surface area contributed by atoms with E-state index in [1.165, 1.54) is 6.07 Å². The summed E-state index contributed by atoms with van der Waals surface area (Å²) >= 11 is 6.73. The molecule has 1 aliphatic carbocycles. The molecule has 47 heavy (non-hydrogen) atoms. The summed E-state index contributed by atoms with van der Waals surface area (Å²) in [5.41, 5.74) is 2.69. The summed E-state index contributed by atoms with van der Waals surface area (Å²) in [5.74, 6) is -0.854. The first-order valence-corrected chi connectivity index (χ1v) is 17.4. The van der Waals surface area contributed by atoms with E-state index >= 15 is 4.39 Å². The van der Waals surface area contributed by atoms with Gasteiger partial charge in [-0.05, 0) is 93.2 Å². The molecule has 1 saturated carbocycles. The Morgan fingerprint density at radius 3 is 2.51 bits per heavy atom. The largest absolute Gasteiger partial charge is 0.375 e. The molecule has 0 N–H and O–H groups in total. The highest BCUT2D eigenvalue weighted by Gasteiger charge is 2.54. The van der Waals surface area contributed by atoms with Gasteiger partial charge in [-0.25, -0.2) is 13.8 Å². The molecular formula is C37H43ClF2N4O3. The van der Waals surface area contributed by atoms with Crippen molar-refractivity contribution in [2.24, 2.45) is 13.0 Å². The topological polar surface area (TPSA) is 59.8 Å². The van der Waals surface area contributed by atoms with Crippen LogP contribution in [0.4, 0.5) is 8.78 Å². The number of imidazole rings is 1. The van der Waals surface area contributed by atoms with Crippen molar-refractivity contribution in [3.05, 3.63) is 87.5 Å². The first-order chi connectivity index (χ1) is 22.4. The minimum Gasteiger partial charge on any atom is -0.375 e. The number of amides is 1. The molecule has 4 fully saturated rings. The number of piperidine rings is 1. The lowest BCUT2D eigenvalue weighted by Crippen LogP contribution is -2.48. The van der Waals surface area contributed by atoms with Crippen LogP contribution in [0.2, 0.25) is 5.02 Å². The van der Waals surface area contributed by atoms with Crippen LogP contribution in [0.25, 0.3) is 0 Å². The Labute approximate surface area is 280 Å². The number of hydrogen-bond donors (Lipinski definition) is 0. The highest BCUT2D eigenvalue weighted by atomic mass is 35.5. The van der Waals surface area contributed by atoms with Gasteiger partial charge in [0.05, 0.1) is 29.8 Å². The number of carbonyl (C=O) groups excluding carboxylic acids is 1. The van der Waals surface area contributed by atoms with E-state index in [0.29, 0.717) is 62.0 Å². The van der Waals surface area contributed by atoms with Crippen molar-refractivity contribution in [2.75, 3.05) is 26.2 Å². The van der Waals surface area contributed by atoms with Gasteiger partial charge in [-0.2, -0.15) is 0 Å². The molecule has 6 atom stereocenters. The van der Waals surface area contributed by atoms with Gasteiger partial charge in [0, 0.05) is 68.2 Å². The number of fused-ring (bicyclic) bond motifs is 4. The van der Waals surface area contributed by atoms with Crippen LogP contribution in [-0.4, -0.2) is 69.7 Å². The third kappa shape index (κ3) is 5.06. The van der Waals surface area contributed by atoms with E-state index in [1.807, 2.05) is 35.8 Å². The zero-order valence-corrected chi connectivity index (χ0v) is 28.3. The van der Waals surface area contributed by atoms with Gasteiger partial charge in [-0.15, -0.1) is 0 Å². The number of aromatic nitrogens is 2. The smallest absolute Gasteiger partial charge is 0.226 e. The SMILES string of the molecule is Cc1cc2c(cc1Cl)C1(CCN(C(=O)[C@@H]3C[C@H](N4C[C@H]5C[C@@H]4CO5)C[C@H]3c3ccc(F)cc3F)CC1)O[C@@H]2C(C)(C)c1nccn1C. The lowest BCUT2D eigenvalue weighted by Gasteiger charge is -2.42. The van der Waals surface area contributed by atoms with Crippen LogP contribution in [0.1, 0.15) is 86.1 Å². The molecule has 250 valence electrons. The van der Waals surface area contributed by atoms with E-state index in [9.17, 15) is 9.18 Å². The van der Waals surface area contributed by atoms with Crippen molar-refractivity contribution < 1.29 is 23.0 Å². The molecule has 0 radical (unpaired) electrons. The quantitative estimate of drug-likeness (QED) is 0.309. The van der Waals surface area contributed by atoms with Crippen molar-refractivity contribution in [3.63, 3.8) is 0 Å². The summed E-state index contributed by atoms with van der Waals surface area (Å²) < 4.78 is 44.3. The predicted molar refractivity (Wildman–Crippen MR) is 174 cm³/mol. The maximum atomic E-state index is 15.3. The van der Waals surface area contributed by atoms with Gasteiger partial charge in [0.2, 0.25) is 5.91 Å². The summed E-state index contributed by atoms with van der Waals surface area (Å²) in [6.07, 6.45) is 7.42. The van der Waals surface area contributed by atoms with Crippen LogP contribution in [-0.2, 0) is 32.3 Å². The summed E-state index contributed by atoms with van der Waals surface area (Å²) in [5, 5.41) is 0.711. The molecule has 8 rings (SSSR count). The maximum Gasteiger partial charge on any atom is 0.226 e. The van der Waals surface area contributed by atoms with Gasteiger partial charge < -0.3 is 18.9 Å². The van der Waals surface area contributed by atoms with Crippen molar-refractivity contribution in [1.82, 2.24) is 19.4 Å². The van der Waals surface area contributed by atoms with Crippen molar-refractivity contribution >= 4 is 17.5 Å². The monoisotopic (exact) mass is 664 g/mol. The molecule has 10 heteroatoms. The van der Waals surface area contributed by atoms with E-state index in [2.05, 4.69) is 30.9 Å². The van der Waals surface area contributed by atoms with Crippen LogP contribution < -0.4 is 0 Å². The molecular weight excluding hydrogens is 622 g/mol. The lowest BCUT2D eigenvalue weighted by molar-refractivity contribution is -0.151. The van der Waals surface area contributed by atoms with Crippen LogP contribution in [0.15, 0.2) is 42.7 Å². The normalized spacial score (nSPS) is 30.1. The molecule has 1 aromatic heterocycles. The van der Waals surface area contributed by atoms with Crippen LogP contribution >= 0.6 is 11.6 Å². The second-order valence-corrected chi connectivity index (χ2v) is 15.5. The van der Waals surface area contributed by atoms with Gasteiger partial charge in [0.25, 0.3) is 0 Å². The number of likely N-dealkylation sites (tertiary alicyclic amines) is 2. The van der Waals surface area contributed by atoms with Gasteiger partial charge in [0.15, 0.2) is 0 Å². The number of hydrogen-bond acceptors (Lipinski definition) is 5. The molecule has 1 spiro atoms. The number of morpholine rings is 1. The second-order valence-electron chi connectivity index (χ2n) is 15.1. The number of benzene rings is 2. The Kier molecular flexibility index (Phi) is 7.59. The zero-order chi connectivity index (χ0) is 32.8. The molecule has 3 aromatic rings. The number of carbonyl (C=O) groups is 1. The summed E-state index contributed by atoms with van der Waals surface area (Å²) in [7, 11) is 2.01. The summed E-state index contributed by atoms with van der Waals surface area (Å²) in [6, 6.07) is 8.56. The van der Waals surface area contributed by atoms with Crippen molar-refractivity contribution in [3.8, 4) is 0 Å². The molecule has 5 heterocycles. The molecule has 5 aliphatic rings. The second kappa shape index (κ2) is 11.4. The predicted octanol–water partition coefficient (Wildman–Crippen LogP) is 6.56. The standard InChI is InChI=1S/C37H43ClF2N4O3/c1-21-13-29-30(18-31(21)38)37(47-33(29)36(2,3)35-41-9-12-42(35)4)7-10-43(11-8-37)34(45)28-17-23(44-19-25-15-24(44)20-46-25)16-27(28)26-6-5-22(39)14-32(26)40/h5-6,9,12-14,18,23-25,27-28,33H,7-8,10-11,15-17,19-20H2,1-4H3/t23-,24-,25-,27+,28-,33+/m1/s1. The number of halogens is 3. The van der Waals surface area contributed by atoms with Crippen LogP contribution in [0.3, 0.4) is 0 Å². The fraction of sp³-hybridized carbons (Fsp3) is 0.568.